The van der Waals surface area contributed by atoms with Crippen LogP contribution in [0.2, 0.25) is 0 Å². The number of H-pyrrole nitrogens is 1. The minimum Gasteiger partial charge on any atom is -0.472 e. The van der Waals surface area contributed by atoms with Crippen LogP contribution in [0.5, 0.6) is 5.88 Å². The standard InChI is InChI=1S/C23H25N5O/c1-23(7-8-23)27-18-6-9-28(13-18)21-5-4-20-19-3-2-15(17-11-24-25-12-17)10-16(19)14-29-22(20)26-21/h2-5,10-12,18,27H,6-9,13-14H2,1H3,(H,24,25). The van der Waals surface area contributed by atoms with E-state index in [0.717, 1.165) is 41.5 Å². The van der Waals surface area contributed by atoms with Crippen LogP contribution >= 0.6 is 0 Å². The molecule has 1 unspecified atom stereocenters. The molecule has 6 nitrogen and oxygen atoms in total. The lowest BCUT2D eigenvalue weighted by molar-refractivity contribution is 0.290. The van der Waals surface area contributed by atoms with E-state index in [4.69, 9.17) is 9.72 Å². The summed E-state index contributed by atoms with van der Waals surface area (Å²) in [4.78, 5) is 7.25. The Bertz CT molecular complexity index is 1060. The van der Waals surface area contributed by atoms with E-state index in [-0.39, 0.29) is 0 Å². The molecule has 3 aliphatic rings. The van der Waals surface area contributed by atoms with Crippen LogP contribution < -0.4 is 15.0 Å². The lowest BCUT2D eigenvalue weighted by Gasteiger charge is -2.24. The van der Waals surface area contributed by atoms with Gasteiger partial charge in [0.05, 0.1) is 6.20 Å². The Morgan fingerprint density at radius 3 is 2.90 bits per heavy atom. The smallest absolute Gasteiger partial charge is 0.223 e. The zero-order valence-corrected chi connectivity index (χ0v) is 16.6. The van der Waals surface area contributed by atoms with Crippen LogP contribution in [0, 0.1) is 0 Å². The summed E-state index contributed by atoms with van der Waals surface area (Å²) in [5.41, 5.74) is 6.09. The predicted molar refractivity (Wildman–Crippen MR) is 113 cm³/mol. The number of nitrogens with one attached hydrogen (secondary N) is 2. The summed E-state index contributed by atoms with van der Waals surface area (Å²) in [6.07, 6.45) is 7.53. The monoisotopic (exact) mass is 387 g/mol. The van der Waals surface area contributed by atoms with Crippen molar-refractivity contribution in [3.8, 4) is 28.1 Å². The predicted octanol–water partition coefficient (Wildman–Crippen LogP) is 3.75. The van der Waals surface area contributed by atoms with Crippen molar-refractivity contribution in [2.24, 2.45) is 0 Å². The molecule has 2 N–H and O–H groups in total. The van der Waals surface area contributed by atoms with Crippen LogP contribution in [0.25, 0.3) is 22.3 Å². The number of rotatable bonds is 4. The Kier molecular flexibility index (Phi) is 3.71. The third-order valence-electron chi connectivity index (χ3n) is 6.50. The molecule has 0 radical (unpaired) electrons. The summed E-state index contributed by atoms with van der Waals surface area (Å²) in [5.74, 6) is 1.77. The summed E-state index contributed by atoms with van der Waals surface area (Å²) in [5, 5.41) is 10.7. The van der Waals surface area contributed by atoms with Gasteiger partial charge in [-0.05, 0) is 61.1 Å². The molecule has 4 heterocycles. The molecule has 2 aliphatic heterocycles. The fraction of sp³-hybridized carbons (Fsp3) is 0.391. The highest BCUT2D eigenvalue weighted by atomic mass is 16.5. The molecule has 0 spiro atoms. The maximum Gasteiger partial charge on any atom is 0.223 e. The summed E-state index contributed by atoms with van der Waals surface area (Å²) in [7, 11) is 0. The lowest BCUT2D eigenvalue weighted by atomic mass is 9.95. The number of benzene rings is 1. The number of ether oxygens (including phenoxy) is 1. The molecule has 148 valence electrons. The maximum absolute atomic E-state index is 6.06. The number of nitrogens with zero attached hydrogens (tertiary/aromatic N) is 3. The van der Waals surface area contributed by atoms with E-state index in [2.05, 4.69) is 57.7 Å². The highest BCUT2D eigenvalue weighted by Crippen LogP contribution is 2.40. The van der Waals surface area contributed by atoms with Crippen molar-refractivity contribution < 1.29 is 4.74 Å². The molecule has 2 aromatic heterocycles. The van der Waals surface area contributed by atoms with Gasteiger partial charge in [-0.2, -0.15) is 10.1 Å². The van der Waals surface area contributed by atoms with E-state index in [9.17, 15) is 0 Å². The van der Waals surface area contributed by atoms with Crippen molar-refractivity contribution in [2.75, 3.05) is 18.0 Å². The van der Waals surface area contributed by atoms with E-state index in [0.29, 0.717) is 18.2 Å². The molecular weight excluding hydrogens is 362 g/mol. The first-order valence-corrected chi connectivity index (χ1v) is 10.5. The van der Waals surface area contributed by atoms with E-state index in [1.807, 2.05) is 12.4 Å². The molecule has 1 aliphatic carbocycles. The molecule has 2 fully saturated rings. The number of aromatic amines is 1. The summed E-state index contributed by atoms with van der Waals surface area (Å²) >= 11 is 0. The number of hydrogen-bond acceptors (Lipinski definition) is 5. The van der Waals surface area contributed by atoms with E-state index in [1.54, 1.807) is 0 Å². The molecule has 3 aromatic rings. The van der Waals surface area contributed by atoms with Gasteiger partial charge in [0, 0.05) is 42.0 Å². The van der Waals surface area contributed by atoms with Crippen molar-refractivity contribution in [3.63, 3.8) is 0 Å². The van der Waals surface area contributed by atoms with Gasteiger partial charge in [0.1, 0.15) is 12.4 Å². The Morgan fingerprint density at radius 2 is 2.07 bits per heavy atom. The van der Waals surface area contributed by atoms with Gasteiger partial charge in [-0.25, -0.2) is 0 Å². The van der Waals surface area contributed by atoms with E-state index < -0.39 is 0 Å². The molecule has 6 rings (SSSR count). The molecule has 1 aromatic carbocycles. The molecule has 0 bridgehead atoms. The minimum atomic E-state index is 0.381. The van der Waals surface area contributed by atoms with Gasteiger partial charge in [0.15, 0.2) is 0 Å². The molecule has 1 saturated heterocycles. The number of anilines is 1. The summed E-state index contributed by atoms with van der Waals surface area (Å²) in [6.45, 7) is 4.94. The van der Waals surface area contributed by atoms with E-state index >= 15 is 0 Å². The Balaban J connectivity index is 1.24. The quantitative estimate of drug-likeness (QED) is 0.714. The van der Waals surface area contributed by atoms with Crippen LogP contribution in [-0.4, -0.2) is 39.9 Å². The lowest BCUT2D eigenvalue weighted by Crippen LogP contribution is -2.40. The normalized spacial score (nSPS) is 21.4. The van der Waals surface area contributed by atoms with Crippen molar-refractivity contribution in [1.29, 1.82) is 0 Å². The van der Waals surface area contributed by atoms with Gasteiger partial charge in [-0.15, -0.1) is 0 Å². The van der Waals surface area contributed by atoms with Gasteiger partial charge >= 0.3 is 0 Å². The van der Waals surface area contributed by atoms with Crippen LogP contribution in [-0.2, 0) is 6.61 Å². The van der Waals surface area contributed by atoms with Crippen LogP contribution in [0.4, 0.5) is 5.82 Å². The highest BCUT2D eigenvalue weighted by molar-refractivity contribution is 5.78. The van der Waals surface area contributed by atoms with Crippen LogP contribution in [0.1, 0.15) is 31.7 Å². The average Bonchev–Trinajstić information content (AvgIpc) is 3.16. The van der Waals surface area contributed by atoms with Crippen molar-refractivity contribution in [1.82, 2.24) is 20.5 Å². The summed E-state index contributed by atoms with van der Waals surface area (Å²) in [6, 6.07) is 11.4. The van der Waals surface area contributed by atoms with Gasteiger partial charge in [0.25, 0.3) is 0 Å². The topological polar surface area (TPSA) is 66.1 Å². The van der Waals surface area contributed by atoms with Crippen LogP contribution in [0.15, 0.2) is 42.7 Å². The second-order valence-electron chi connectivity index (χ2n) is 8.81. The Hall–Kier alpha value is -2.86. The van der Waals surface area contributed by atoms with Crippen molar-refractivity contribution in [3.05, 3.63) is 48.3 Å². The maximum atomic E-state index is 6.06. The van der Waals surface area contributed by atoms with Crippen LogP contribution in [0.3, 0.4) is 0 Å². The summed E-state index contributed by atoms with van der Waals surface area (Å²) < 4.78 is 6.06. The zero-order chi connectivity index (χ0) is 19.4. The SMILES string of the molecule is CC1(NC2CCN(c3ccc4c(n3)OCc3cc(-c5cn[nH]c5)ccc3-4)C2)CC1. The fourth-order valence-corrected chi connectivity index (χ4v) is 4.54. The van der Waals surface area contributed by atoms with Gasteiger partial charge in [-0.3, -0.25) is 5.10 Å². The molecule has 6 heteroatoms. The molecule has 29 heavy (non-hydrogen) atoms. The second-order valence-corrected chi connectivity index (χ2v) is 8.81. The fourth-order valence-electron chi connectivity index (χ4n) is 4.54. The van der Waals surface area contributed by atoms with E-state index in [1.165, 1.54) is 30.4 Å². The van der Waals surface area contributed by atoms with Gasteiger partial charge in [-0.1, -0.05) is 12.1 Å². The van der Waals surface area contributed by atoms with Gasteiger partial charge < -0.3 is 15.0 Å². The minimum absolute atomic E-state index is 0.381. The third-order valence-corrected chi connectivity index (χ3v) is 6.50. The molecule has 1 atom stereocenters. The molecule has 1 saturated carbocycles. The Labute approximate surface area is 170 Å². The van der Waals surface area contributed by atoms with Gasteiger partial charge in [0.2, 0.25) is 5.88 Å². The largest absolute Gasteiger partial charge is 0.472 e. The second kappa shape index (κ2) is 6.32. The Morgan fingerprint density at radius 1 is 1.17 bits per heavy atom. The highest BCUT2D eigenvalue weighted by Gasteiger charge is 2.40. The van der Waals surface area contributed by atoms with Crippen molar-refractivity contribution >= 4 is 5.82 Å². The number of pyridine rings is 1. The number of fused-ring (bicyclic) bond motifs is 3. The molecule has 0 amide bonds. The number of aromatic nitrogens is 3. The molecular formula is C23H25N5O. The van der Waals surface area contributed by atoms with Crippen molar-refractivity contribution in [2.45, 2.75) is 44.4 Å². The first-order chi connectivity index (χ1) is 14.2. The number of hydrogen-bond donors (Lipinski definition) is 2. The average molecular weight is 387 g/mol. The first kappa shape index (κ1) is 17.0. The third kappa shape index (κ3) is 3.08. The zero-order valence-electron chi connectivity index (χ0n) is 16.6. The first-order valence-electron chi connectivity index (χ1n) is 10.5.